The van der Waals surface area contributed by atoms with E-state index in [9.17, 15) is 19.2 Å². The molecule has 0 aliphatic carbocycles. The minimum absolute atomic E-state index is 0. The Balaban J connectivity index is 0.0000119. The Morgan fingerprint density at radius 3 is 0.861 bits per heavy atom. The summed E-state index contributed by atoms with van der Waals surface area (Å²) in [5, 5.41) is 2.03. The lowest BCUT2D eigenvalue weighted by atomic mass is 9.88. The lowest BCUT2D eigenvalue weighted by molar-refractivity contribution is -0.141. The van der Waals surface area contributed by atoms with E-state index in [4.69, 9.17) is 55.6 Å². The van der Waals surface area contributed by atoms with Gasteiger partial charge in [-0.2, -0.15) is 0 Å². The minimum Gasteiger partial charge on any atom is -0.469 e. The molecule has 0 N–H and O–H groups in total. The van der Waals surface area contributed by atoms with E-state index in [0.717, 1.165) is 0 Å². The van der Waals surface area contributed by atoms with Crippen molar-refractivity contribution in [1.29, 1.82) is 0 Å². The van der Waals surface area contributed by atoms with Crippen molar-refractivity contribution in [2.24, 2.45) is 0 Å². The second-order valence-electron chi connectivity index (χ2n) is 23.2. The number of carbonyl (C=O) groups excluding carboxylic acids is 6. The number of fused-ring (bicyclic) bond motifs is 2. The Kier molecular flexibility index (Phi) is 27.2. The van der Waals surface area contributed by atoms with Gasteiger partial charge in [0.2, 0.25) is 0 Å². The fourth-order valence-electron chi connectivity index (χ4n) is 11.2. The highest BCUT2D eigenvalue weighted by molar-refractivity contribution is 7.43. The van der Waals surface area contributed by atoms with Crippen LogP contribution in [0.2, 0.25) is 0 Å². The lowest BCUT2D eigenvalue weighted by Crippen LogP contribution is -2.15. The van der Waals surface area contributed by atoms with E-state index in [0.29, 0.717) is 129 Å². The van der Waals surface area contributed by atoms with E-state index in [1.54, 1.807) is 84.9 Å². The molecule has 0 amide bonds. The van der Waals surface area contributed by atoms with Gasteiger partial charge in [-0.05, 0) is 169 Å². The van der Waals surface area contributed by atoms with E-state index < -0.39 is 29.1 Å². The van der Waals surface area contributed by atoms with Crippen molar-refractivity contribution in [3.05, 3.63) is 251 Å². The van der Waals surface area contributed by atoms with Gasteiger partial charge in [-0.1, -0.05) is 165 Å². The van der Waals surface area contributed by atoms with Crippen LogP contribution in [0.5, 0.6) is 46.0 Å². The summed E-state index contributed by atoms with van der Waals surface area (Å²) in [6.07, 6.45) is 3.57. The summed E-state index contributed by atoms with van der Waals surface area (Å²) in [5.41, 5.74) is 4.29. The first-order valence-corrected chi connectivity index (χ1v) is 34.9. The smallest absolute Gasteiger partial charge is 0.469 e. The molecule has 0 aromatic heterocycles. The maximum atomic E-state index is 15.8. The molecule has 20 heteroatoms. The highest BCUT2D eigenvalue weighted by atomic mass is 31.2. The third-order valence-electron chi connectivity index (χ3n) is 16.4. The highest BCUT2D eigenvalue weighted by Crippen LogP contribution is 2.56. The van der Waals surface area contributed by atoms with Gasteiger partial charge >= 0.3 is 53.0 Å². The SMILES string of the molecule is C.COC(=O)CCCc1ccccc1OP(Oc1ccccc1CCCC(=O)OC)Oc1c(C(=O)Oc2ccccc2C)cc2ccccc2c1-c1c(OP(Oc2ccccc2CCCC(=O)OC)Oc2ccccc2CCCC(=O)OC)c(C(=O)Oc2ccccc2C)cc2ccccc12. The molecule has 0 saturated heterocycles. The number of aryl methyl sites for hydroxylation is 6. The van der Waals surface area contributed by atoms with Crippen molar-refractivity contribution in [2.75, 3.05) is 28.4 Å². The molecule has 0 radical (unpaired) electrons. The van der Waals surface area contributed by atoms with E-state index in [2.05, 4.69) is 0 Å². The number of rotatable bonds is 33. The van der Waals surface area contributed by atoms with Crippen LogP contribution in [-0.2, 0) is 63.8 Å². The predicted molar refractivity (Wildman–Crippen MR) is 389 cm³/mol. The highest BCUT2D eigenvalue weighted by Gasteiger charge is 2.36. The fourth-order valence-corrected chi connectivity index (χ4v) is 13.4. The van der Waals surface area contributed by atoms with Crippen molar-refractivity contribution < 1.29 is 84.3 Å². The van der Waals surface area contributed by atoms with Crippen molar-refractivity contribution >= 4 is 74.6 Å². The van der Waals surface area contributed by atoms with Crippen LogP contribution in [0.25, 0.3) is 32.7 Å². The Labute approximate surface area is 590 Å². The van der Waals surface area contributed by atoms with Gasteiger partial charge in [-0.25, -0.2) is 9.59 Å². The normalized spacial score (nSPS) is 10.9. The van der Waals surface area contributed by atoms with Crippen molar-refractivity contribution in [3.8, 4) is 57.1 Å². The molecule has 0 unspecified atom stereocenters. The summed E-state index contributed by atoms with van der Waals surface area (Å²) in [7, 11) is -0.250. The molecule has 101 heavy (non-hydrogen) atoms. The van der Waals surface area contributed by atoms with Gasteiger partial charge in [0.1, 0.15) is 45.6 Å². The van der Waals surface area contributed by atoms with Crippen LogP contribution in [0.3, 0.4) is 0 Å². The summed E-state index contributed by atoms with van der Waals surface area (Å²) < 4.78 is 76.2. The van der Waals surface area contributed by atoms with E-state index >= 15 is 9.59 Å². The monoisotopic (exact) mass is 1400 g/mol. The number of hydrogen-bond donors (Lipinski definition) is 0. The summed E-state index contributed by atoms with van der Waals surface area (Å²) in [6, 6.07) is 61.3. The van der Waals surface area contributed by atoms with Gasteiger partial charge in [-0.15, -0.1) is 0 Å². The van der Waals surface area contributed by atoms with Gasteiger partial charge in [0, 0.05) is 36.8 Å². The second kappa shape index (κ2) is 36.9. The number of benzene rings is 10. The first-order chi connectivity index (χ1) is 48.7. The molecule has 18 nitrogen and oxygen atoms in total. The average molecular weight is 1400 g/mol. The molecular weight excluding hydrogens is 1320 g/mol. The quantitative estimate of drug-likeness (QED) is 0.0162. The van der Waals surface area contributed by atoms with Crippen LogP contribution >= 0.6 is 17.2 Å². The molecule has 522 valence electrons. The lowest BCUT2D eigenvalue weighted by Gasteiger charge is -2.27. The molecule has 0 atom stereocenters. The van der Waals surface area contributed by atoms with Crippen molar-refractivity contribution in [1.82, 2.24) is 0 Å². The largest absolute Gasteiger partial charge is 0.530 e. The Bertz CT molecular complexity index is 4130. The Morgan fingerprint density at radius 1 is 0.317 bits per heavy atom. The van der Waals surface area contributed by atoms with E-state index in [1.165, 1.54) is 28.4 Å². The molecule has 10 aromatic rings. The van der Waals surface area contributed by atoms with Crippen molar-refractivity contribution in [2.45, 2.75) is 98.3 Å². The molecule has 0 fully saturated rings. The molecule has 0 heterocycles. The standard InChI is InChI=1S/C80H76O18P2.CH4/c1-53-27-7-17-41-65(53)91-79(85)63-51-59-33-9-15-39-61(59)75(77(63)97-99(93-67-43-19-11-29-55(67)35-23-47-71(81)87-3)94-68-44-20-12-30-56(68)36-24-48-72(82)88-4)76-62-40-16-10-34-60(62)52-64(80(86)92-66-42-18-8-28-54(66)2)78(76)98-100(95-69-45-21-13-31-57(69)37-25-49-73(83)89-5)96-70-46-22-14-32-58(70)38-26-50-74(84)90-6;/h7-22,27-34,39-46,51-52H,23-26,35-38,47-50H2,1-6H3;1H4. The Hall–Kier alpha value is -10.8. The van der Waals surface area contributed by atoms with E-state index in [-0.39, 0.29) is 102 Å². The average Bonchev–Trinajstić information content (AvgIpc) is 0.747. The number of methoxy groups -OCH3 is 4. The first kappa shape index (κ1) is 74.4. The molecule has 0 spiro atoms. The first-order valence-electron chi connectivity index (χ1n) is 32.7. The molecule has 10 aromatic carbocycles. The van der Waals surface area contributed by atoms with Crippen LogP contribution in [0.15, 0.2) is 206 Å². The van der Waals surface area contributed by atoms with Crippen LogP contribution in [0.4, 0.5) is 0 Å². The molecule has 0 bridgehead atoms. The zero-order valence-electron chi connectivity index (χ0n) is 56.4. The van der Waals surface area contributed by atoms with E-state index in [1.807, 2.05) is 135 Å². The molecular formula is C81H80O18P2. The number of carbonyl (C=O) groups is 6. The number of para-hydroxylation sites is 6. The van der Waals surface area contributed by atoms with Crippen LogP contribution in [-0.4, -0.2) is 64.3 Å². The zero-order chi connectivity index (χ0) is 70.3. The second-order valence-corrected chi connectivity index (χ2v) is 25.1. The fraction of sp³-hybridized carbons (Fsp3) is 0.235. The number of hydrogen-bond acceptors (Lipinski definition) is 18. The van der Waals surface area contributed by atoms with Crippen LogP contribution in [0.1, 0.15) is 113 Å². The van der Waals surface area contributed by atoms with Gasteiger partial charge in [-0.3, -0.25) is 19.2 Å². The molecule has 10 rings (SSSR count). The van der Waals surface area contributed by atoms with Gasteiger partial charge in [0.15, 0.2) is 11.5 Å². The van der Waals surface area contributed by atoms with Crippen LogP contribution in [0, 0.1) is 13.8 Å². The topological polar surface area (TPSA) is 213 Å². The summed E-state index contributed by atoms with van der Waals surface area (Å²) in [4.78, 5) is 81.7. The van der Waals surface area contributed by atoms with Gasteiger partial charge < -0.3 is 55.6 Å². The van der Waals surface area contributed by atoms with Gasteiger partial charge in [0.25, 0.3) is 0 Å². The minimum atomic E-state index is -2.80. The number of esters is 6. The summed E-state index contributed by atoms with van der Waals surface area (Å²) in [6.45, 7) is 3.64. The molecule has 0 aliphatic rings. The molecule has 0 aliphatic heterocycles. The third-order valence-corrected chi connectivity index (χ3v) is 18.5. The number of ether oxygens (including phenoxy) is 6. The third kappa shape index (κ3) is 19.8. The summed E-state index contributed by atoms with van der Waals surface area (Å²) >= 11 is 0. The van der Waals surface area contributed by atoms with Crippen molar-refractivity contribution in [3.63, 3.8) is 0 Å². The Morgan fingerprint density at radius 2 is 0.574 bits per heavy atom. The summed E-state index contributed by atoms with van der Waals surface area (Å²) in [5.74, 6) is -1.63. The zero-order valence-corrected chi connectivity index (χ0v) is 58.1. The maximum absolute atomic E-state index is 15.8. The van der Waals surface area contributed by atoms with Gasteiger partial charge in [0.05, 0.1) is 28.4 Å². The van der Waals surface area contributed by atoms with Crippen LogP contribution < -0.4 is 36.6 Å². The molecule has 0 saturated carbocycles. The maximum Gasteiger partial charge on any atom is 0.530 e. The predicted octanol–water partition coefficient (Wildman–Crippen LogP) is 18.9.